The van der Waals surface area contributed by atoms with E-state index in [0.717, 1.165) is 0 Å². The highest BCUT2D eigenvalue weighted by Gasteiger charge is 2.53. The summed E-state index contributed by atoms with van der Waals surface area (Å²) in [5, 5.41) is -7.82. The summed E-state index contributed by atoms with van der Waals surface area (Å²) in [5.74, 6) is -2.07. The maximum atomic E-state index is 11.9. The third kappa shape index (κ3) is 1.25. The lowest BCUT2D eigenvalue weighted by molar-refractivity contribution is 0.119. The van der Waals surface area contributed by atoms with Crippen molar-refractivity contribution in [2.75, 3.05) is 0 Å². The highest BCUT2D eigenvalue weighted by Crippen LogP contribution is 2.53. The fourth-order valence-corrected chi connectivity index (χ4v) is 1.14. The van der Waals surface area contributed by atoms with Crippen LogP contribution in [-0.2, 0) is 0 Å². The fraction of sp³-hybridized carbons (Fsp3) is 0.500. The Morgan fingerprint density at radius 2 is 1.70 bits per heavy atom. The van der Waals surface area contributed by atoms with Crippen LogP contribution in [0.25, 0.3) is 0 Å². The quantitative estimate of drug-likeness (QED) is 0.511. The zero-order valence-electron chi connectivity index (χ0n) is 4.38. The Labute approximate surface area is 57.1 Å². The van der Waals surface area contributed by atoms with Crippen molar-refractivity contribution in [3.05, 3.63) is 11.9 Å². The maximum absolute atomic E-state index is 11.9. The molecule has 0 saturated carbocycles. The molecule has 0 aromatic rings. The van der Waals surface area contributed by atoms with Gasteiger partial charge in [-0.1, -0.05) is 0 Å². The van der Waals surface area contributed by atoms with Crippen LogP contribution in [0, 0.1) is 0 Å². The van der Waals surface area contributed by atoms with Crippen molar-refractivity contribution >= 4 is 11.8 Å². The van der Waals surface area contributed by atoms with Gasteiger partial charge in [0.1, 0.15) is 0 Å². The molecule has 0 nitrogen and oxygen atoms in total. The Kier molecular flexibility index (Phi) is 1.47. The van der Waals surface area contributed by atoms with Crippen LogP contribution in [0.5, 0.6) is 0 Å². The van der Waals surface area contributed by atoms with E-state index in [1.54, 1.807) is 0 Å². The molecule has 0 unspecified atom stereocenters. The van der Waals surface area contributed by atoms with E-state index in [-0.39, 0.29) is 6.08 Å². The minimum absolute atomic E-state index is 0.377. The first kappa shape index (κ1) is 7.84. The first-order chi connectivity index (χ1) is 4.33. The SMILES string of the molecule is FC1=CC(F)(F)SC1(F)F. The van der Waals surface area contributed by atoms with E-state index >= 15 is 0 Å². The van der Waals surface area contributed by atoms with Gasteiger partial charge in [0.25, 0.3) is 0 Å². The highest BCUT2D eigenvalue weighted by molar-refractivity contribution is 8.01. The molecule has 1 aliphatic heterocycles. The number of halogens is 5. The Morgan fingerprint density at radius 1 is 1.20 bits per heavy atom. The Balaban J connectivity index is 2.89. The Morgan fingerprint density at radius 3 is 1.80 bits per heavy atom. The number of rotatable bonds is 0. The molecule has 0 saturated heterocycles. The molecule has 0 bridgehead atoms. The van der Waals surface area contributed by atoms with E-state index < -0.39 is 28.1 Å². The largest absolute Gasteiger partial charge is 0.350 e. The summed E-state index contributed by atoms with van der Waals surface area (Å²) in [6, 6.07) is 0. The second-order valence-electron chi connectivity index (χ2n) is 1.67. The summed E-state index contributed by atoms with van der Waals surface area (Å²) in [4.78, 5) is 0. The standard InChI is InChI=1S/C4HF5S/c5-2-1-3(6,7)10-4(2,8)9/h1H. The highest BCUT2D eigenvalue weighted by atomic mass is 32.2. The Hall–Kier alpha value is -0.260. The molecule has 10 heavy (non-hydrogen) atoms. The molecule has 0 aromatic heterocycles. The monoisotopic (exact) mass is 176 g/mol. The van der Waals surface area contributed by atoms with E-state index in [1.165, 1.54) is 0 Å². The molecule has 1 aliphatic rings. The van der Waals surface area contributed by atoms with Crippen molar-refractivity contribution in [3.8, 4) is 0 Å². The van der Waals surface area contributed by atoms with Gasteiger partial charge in [0.15, 0.2) is 5.83 Å². The molecule has 0 atom stereocenters. The van der Waals surface area contributed by atoms with Gasteiger partial charge in [0, 0.05) is 6.08 Å². The summed E-state index contributed by atoms with van der Waals surface area (Å²) in [6.07, 6.45) is -0.377. The molecule has 0 fully saturated rings. The van der Waals surface area contributed by atoms with Gasteiger partial charge in [-0.15, -0.1) is 0 Å². The summed E-state index contributed by atoms with van der Waals surface area (Å²) in [6.45, 7) is 0. The number of alkyl halides is 4. The predicted octanol–water partition coefficient (Wildman–Crippen LogP) is 2.77. The normalized spacial score (nSPS) is 28.3. The van der Waals surface area contributed by atoms with Crippen molar-refractivity contribution in [3.63, 3.8) is 0 Å². The number of thioether (sulfide) groups is 1. The van der Waals surface area contributed by atoms with Crippen LogP contribution in [0.2, 0.25) is 0 Å². The molecule has 1 heterocycles. The first-order valence-electron chi connectivity index (χ1n) is 2.18. The average molecular weight is 176 g/mol. The third-order valence-corrected chi connectivity index (χ3v) is 1.68. The molecule has 58 valence electrons. The molecule has 0 radical (unpaired) electrons. The van der Waals surface area contributed by atoms with Crippen LogP contribution >= 0.6 is 11.8 Å². The molecule has 1 rings (SSSR count). The first-order valence-corrected chi connectivity index (χ1v) is 3.00. The van der Waals surface area contributed by atoms with Crippen LogP contribution in [0.3, 0.4) is 0 Å². The smallest absolute Gasteiger partial charge is 0.204 e. The van der Waals surface area contributed by atoms with E-state index in [0.29, 0.717) is 0 Å². The van der Waals surface area contributed by atoms with E-state index in [9.17, 15) is 22.0 Å². The zero-order valence-corrected chi connectivity index (χ0v) is 5.19. The fourth-order valence-electron chi connectivity index (χ4n) is 0.481. The molecule has 0 amide bonds. The van der Waals surface area contributed by atoms with Gasteiger partial charge in [-0.3, -0.25) is 0 Å². The topological polar surface area (TPSA) is 0 Å². The molecule has 0 spiro atoms. The van der Waals surface area contributed by atoms with Crippen molar-refractivity contribution in [2.24, 2.45) is 0 Å². The number of hydrogen-bond acceptors (Lipinski definition) is 1. The summed E-state index contributed by atoms with van der Waals surface area (Å²) in [7, 11) is 0. The van der Waals surface area contributed by atoms with E-state index in [4.69, 9.17) is 0 Å². The van der Waals surface area contributed by atoms with Gasteiger partial charge in [-0.2, -0.15) is 17.6 Å². The predicted molar refractivity (Wildman–Crippen MR) is 26.7 cm³/mol. The molecule has 0 aromatic carbocycles. The lowest BCUT2D eigenvalue weighted by Crippen LogP contribution is -2.10. The van der Waals surface area contributed by atoms with Gasteiger partial charge in [-0.05, 0) is 11.8 Å². The van der Waals surface area contributed by atoms with Gasteiger partial charge in [0.05, 0.1) is 0 Å². The molecular formula is C4HF5S. The van der Waals surface area contributed by atoms with Crippen LogP contribution in [0.15, 0.2) is 11.9 Å². The lowest BCUT2D eigenvalue weighted by Gasteiger charge is -2.07. The van der Waals surface area contributed by atoms with Gasteiger partial charge >= 0.3 is 10.5 Å². The van der Waals surface area contributed by atoms with Crippen LogP contribution in [0.1, 0.15) is 0 Å². The zero-order chi connectivity index (χ0) is 7.99. The Bertz CT molecular complexity index is 184. The van der Waals surface area contributed by atoms with Gasteiger partial charge in [0.2, 0.25) is 0 Å². The van der Waals surface area contributed by atoms with E-state index in [2.05, 4.69) is 0 Å². The second-order valence-corrected chi connectivity index (χ2v) is 2.93. The van der Waals surface area contributed by atoms with Gasteiger partial charge < -0.3 is 0 Å². The lowest BCUT2D eigenvalue weighted by atomic mass is 10.5. The van der Waals surface area contributed by atoms with Gasteiger partial charge in [-0.25, -0.2) is 4.39 Å². The van der Waals surface area contributed by atoms with Crippen molar-refractivity contribution in [1.29, 1.82) is 0 Å². The van der Waals surface area contributed by atoms with Crippen LogP contribution < -0.4 is 0 Å². The van der Waals surface area contributed by atoms with Crippen molar-refractivity contribution < 1.29 is 22.0 Å². The van der Waals surface area contributed by atoms with Crippen molar-refractivity contribution in [2.45, 2.75) is 10.5 Å². The molecule has 6 heteroatoms. The molecule has 0 N–H and O–H groups in total. The van der Waals surface area contributed by atoms with Crippen LogP contribution in [-0.4, -0.2) is 10.5 Å². The summed E-state index contributed by atoms with van der Waals surface area (Å²) < 4.78 is 59.3. The minimum atomic E-state index is -4.05. The summed E-state index contributed by atoms with van der Waals surface area (Å²) in [5.41, 5.74) is 0. The second kappa shape index (κ2) is 1.87. The summed E-state index contributed by atoms with van der Waals surface area (Å²) >= 11 is -1.00. The van der Waals surface area contributed by atoms with Crippen molar-refractivity contribution in [1.82, 2.24) is 0 Å². The third-order valence-electron chi connectivity index (χ3n) is 0.837. The number of hydrogen-bond donors (Lipinski definition) is 0. The average Bonchev–Trinajstić information content (AvgIpc) is 1.73. The molecule has 0 aliphatic carbocycles. The minimum Gasteiger partial charge on any atom is -0.204 e. The maximum Gasteiger partial charge on any atom is 0.350 e. The molecular weight excluding hydrogens is 175 g/mol. The van der Waals surface area contributed by atoms with Crippen LogP contribution in [0.4, 0.5) is 22.0 Å². The van der Waals surface area contributed by atoms with E-state index in [1.807, 2.05) is 0 Å².